The van der Waals surface area contributed by atoms with Crippen LogP contribution in [0.5, 0.6) is 0 Å². The number of carboxylic acid groups (broad SMARTS) is 1. The number of aliphatic carboxylic acids is 1. The third-order valence-electron chi connectivity index (χ3n) is 3.71. The highest BCUT2D eigenvalue weighted by Gasteiger charge is 2.32. The number of hydrogen-bond acceptors (Lipinski definition) is 1. The first-order chi connectivity index (χ1) is 6.79. The van der Waals surface area contributed by atoms with E-state index in [9.17, 15) is 4.79 Å². The van der Waals surface area contributed by atoms with Gasteiger partial charge in [0.1, 0.15) is 0 Å². The van der Waals surface area contributed by atoms with Crippen LogP contribution in [0.3, 0.4) is 0 Å². The van der Waals surface area contributed by atoms with Crippen LogP contribution in [0, 0.1) is 11.8 Å². The molecule has 1 N–H and O–H groups in total. The Morgan fingerprint density at radius 1 is 1.21 bits per heavy atom. The molecule has 1 atom stereocenters. The summed E-state index contributed by atoms with van der Waals surface area (Å²) in [7, 11) is 0. The summed E-state index contributed by atoms with van der Waals surface area (Å²) in [6.45, 7) is 0. The Hall–Kier alpha value is -0.790. The van der Waals surface area contributed by atoms with Crippen molar-refractivity contribution in [2.24, 2.45) is 11.8 Å². The molecular formula is C12H18O2. The largest absolute Gasteiger partial charge is 0.478 e. The van der Waals surface area contributed by atoms with Crippen LogP contribution in [-0.4, -0.2) is 11.1 Å². The smallest absolute Gasteiger partial charge is 0.331 e. The summed E-state index contributed by atoms with van der Waals surface area (Å²) >= 11 is 0. The van der Waals surface area contributed by atoms with Gasteiger partial charge in [0.05, 0.1) is 0 Å². The molecule has 0 aromatic carbocycles. The third kappa shape index (κ3) is 1.84. The zero-order valence-corrected chi connectivity index (χ0v) is 8.54. The van der Waals surface area contributed by atoms with Gasteiger partial charge in [0.15, 0.2) is 0 Å². The minimum atomic E-state index is -0.682. The monoisotopic (exact) mass is 194 g/mol. The molecular weight excluding hydrogens is 176 g/mol. The van der Waals surface area contributed by atoms with Crippen LogP contribution in [0.15, 0.2) is 11.6 Å². The maximum absolute atomic E-state index is 11.0. The molecule has 78 valence electrons. The minimum Gasteiger partial charge on any atom is -0.478 e. The van der Waals surface area contributed by atoms with E-state index in [4.69, 9.17) is 5.11 Å². The first-order valence-corrected chi connectivity index (χ1v) is 5.72. The molecule has 0 heterocycles. The van der Waals surface area contributed by atoms with E-state index in [1.165, 1.54) is 32.1 Å². The summed E-state index contributed by atoms with van der Waals surface area (Å²) in [5.41, 5.74) is 0.705. The highest BCUT2D eigenvalue weighted by Crippen LogP contribution is 2.39. The molecule has 2 heteroatoms. The van der Waals surface area contributed by atoms with Gasteiger partial charge in [-0.3, -0.25) is 0 Å². The highest BCUT2D eigenvalue weighted by molar-refractivity contribution is 5.87. The van der Waals surface area contributed by atoms with E-state index >= 15 is 0 Å². The molecule has 0 aromatic heterocycles. The molecule has 0 bridgehead atoms. The Morgan fingerprint density at radius 3 is 2.57 bits per heavy atom. The molecule has 0 amide bonds. The van der Waals surface area contributed by atoms with Crippen LogP contribution in [0.2, 0.25) is 0 Å². The molecule has 1 fully saturated rings. The third-order valence-corrected chi connectivity index (χ3v) is 3.71. The van der Waals surface area contributed by atoms with Gasteiger partial charge in [-0.25, -0.2) is 4.79 Å². The van der Waals surface area contributed by atoms with Gasteiger partial charge in [-0.15, -0.1) is 0 Å². The van der Waals surface area contributed by atoms with Crippen molar-refractivity contribution >= 4 is 5.97 Å². The molecule has 2 nitrogen and oxygen atoms in total. The van der Waals surface area contributed by atoms with Gasteiger partial charge < -0.3 is 5.11 Å². The Morgan fingerprint density at radius 2 is 1.93 bits per heavy atom. The zero-order valence-electron chi connectivity index (χ0n) is 8.54. The van der Waals surface area contributed by atoms with E-state index in [1.54, 1.807) is 0 Å². The zero-order chi connectivity index (χ0) is 9.97. The predicted octanol–water partition coefficient (Wildman–Crippen LogP) is 2.99. The van der Waals surface area contributed by atoms with E-state index < -0.39 is 5.97 Å². The lowest BCUT2D eigenvalue weighted by atomic mass is 9.77. The number of allylic oxidation sites excluding steroid dienone is 1. The van der Waals surface area contributed by atoms with Crippen molar-refractivity contribution < 1.29 is 9.90 Å². The van der Waals surface area contributed by atoms with E-state index in [-0.39, 0.29) is 0 Å². The lowest BCUT2D eigenvalue weighted by molar-refractivity contribution is -0.133. The first kappa shape index (κ1) is 9.75. The second-order valence-electron chi connectivity index (χ2n) is 4.55. The molecule has 0 spiro atoms. The van der Waals surface area contributed by atoms with Gasteiger partial charge in [-0.05, 0) is 37.5 Å². The summed E-state index contributed by atoms with van der Waals surface area (Å²) in [4.78, 5) is 11.0. The summed E-state index contributed by atoms with van der Waals surface area (Å²) in [5, 5.41) is 9.05. The molecule has 1 unspecified atom stereocenters. The van der Waals surface area contributed by atoms with E-state index in [2.05, 4.69) is 0 Å². The van der Waals surface area contributed by atoms with Crippen LogP contribution >= 0.6 is 0 Å². The number of rotatable bonds is 2. The van der Waals surface area contributed by atoms with Crippen molar-refractivity contribution in [1.29, 1.82) is 0 Å². The summed E-state index contributed by atoms with van der Waals surface area (Å²) in [5.74, 6) is 0.347. The predicted molar refractivity (Wildman–Crippen MR) is 55.0 cm³/mol. The number of carboxylic acids is 1. The fraction of sp³-hybridized carbons (Fsp3) is 0.750. The molecule has 0 saturated heterocycles. The van der Waals surface area contributed by atoms with Crippen LogP contribution in [-0.2, 0) is 4.79 Å². The first-order valence-electron chi connectivity index (χ1n) is 5.72. The van der Waals surface area contributed by atoms with Gasteiger partial charge >= 0.3 is 5.97 Å². The van der Waals surface area contributed by atoms with Gasteiger partial charge in [-0.2, -0.15) is 0 Å². The Labute approximate surface area is 85.0 Å². The average molecular weight is 194 g/mol. The van der Waals surface area contributed by atoms with Crippen molar-refractivity contribution in [2.75, 3.05) is 0 Å². The fourth-order valence-corrected chi connectivity index (χ4v) is 3.00. The van der Waals surface area contributed by atoms with Gasteiger partial charge in [-0.1, -0.05) is 25.3 Å². The second-order valence-corrected chi connectivity index (χ2v) is 4.55. The van der Waals surface area contributed by atoms with Gasteiger partial charge in [0, 0.05) is 5.57 Å². The molecule has 0 aromatic rings. The lowest BCUT2D eigenvalue weighted by Gasteiger charge is -2.28. The van der Waals surface area contributed by atoms with Gasteiger partial charge in [0.2, 0.25) is 0 Å². The van der Waals surface area contributed by atoms with Crippen molar-refractivity contribution in [3.8, 4) is 0 Å². The molecule has 0 radical (unpaired) electrons. The van der Waals surface area contributed by atoms with E-state index in [0.717, 1.165) is 12.8 Å². The number of hydrogen-bond donors (Lipinski definition) is 1. The van der Waals surface area contributed by atoms with Crippen molar-refractivity contribution in [3.63, 3.8) is 0 Å². The Balaban J connectivity index is 2.02. The molecule has 2 aliphatic carbocycles. The average Bonchev–Trinajstić information content (AvgIpc) is 2.67. The Bertz CT molecular complexity index is 249. The molecule has 14 heavy (non-hydrogen) atoms. The maximum atomic E-state index is 11.0. The minimum absolute atomic E-state index is 0.368. The van der Waals surface area contributed by atoms with Crippen LogP contribution in [0.25, 0.3) is 0 Å². The van der Waals surface area contributed by atoms with Crippen LogP contribution in [0.4, 0.5) is 0 Å². The highest BCUT2D eigenvalue weighted by atomic mass is 16.4. The van der Waals surface area contributed by atoms with Crippen molar-refractivity contribution in [1.82, 2.24) is 0 Å². The topological polar surface area (TPSA) is 37.3 Å². The Kier molecular flexibility index (Phi) is 2.90. The van der Waals surface area contributed by atoms with Crippen molar-refractivity contribution in [3.05, 3.63) is 11.6 Å². The van der Waals surface area contributed by atoms with E-state index in [1.807, 2.05) is 6.08 Å². The summed E-state index contributed by atoms with van der Waals surface area (Å²) in [6.07, 6.45) is 10.4. The fourth-order valence-electron chi connectivity index (χ4n) is 3.00. The molecule has 0 aliphatic heterocycles. The van der Waals surface area contributed by atoms with Crippen molar-refractivity contribution in [2.45, 2.75) is 44.9 Å². The molecule has 2 aliphatic rings. The summed E-state index contributed by atoms with van der Waals surface area (Å²) < 4.78 is 0. The normalized spacial score (nSPS) is 28.9. The number of carbonyl (C=O) groups is 1. The standard InChI is InChI=1S/C12H18O2/c13-12(14)11-8-4-7-10(11)9-5-2-1-3-6-9/h8-10H,1-7H2,(H,13,14). The maximum Gasteiger partial charge on any atom is 0.331 e. The SMILES string of the molecule is O=C(O)C1=CCCC1C1CCCCC1. The lowest BCUT2D eigenvalue weighted by Crippen LogP contribution is -2.21. The molecule has 2 rings (SSSR count). The van der Waals surface area contributed by atoms with E-state index in [0.29, 0.717) is 17.4 Å². The molecule has 1 saturated carbocycles. The van der Waals surface area contributed by atoms with Crippen LogP contribution < -0.4 is 0 Å². The quantitative estimate of drug-likeness (QED) is 0.733. The van der Waals surface area contributed by atoms with Gasteiger partial charge in [0.25, 0.3) is 0 Å². The summed E-state index contributed by atoms with van der Waals surface area (Å²) in [6, 6.07) is 0. The van der Waals surface area contributed by atoms with Crippen LogP contribution in [0.1, 0.15) is 44.9 Å². The second kappa shape index (κ2) is 4.16.